The summed E-state index contributed by atoms with van der Waals surface area (Å²) in [5.74, 6) is -1.88. The van der Waals surface area contributed by atoms with Crippen LogP contribution in [0.5, 0.6) is 0 Å². The van der Waals surface area contributed by atoms with Crippen LogP contribution in [0.4, 0.5) is 8.78 Å². The molecule has 0 unspecified atom stereocenters. The molecule has 1 atom stereocenters. The topological polar surface area (TPSA) is 59.8 Å². The van der Waals surface area contributed by atoms with Crippen LogP contribution < -0.4 is 5.32 Å². The second kappa shape index (κ2) is 6.57. The van der Waals surface area contributed by atoms with Gasteiger partial charge in [0.1, 0.15) is 17.6 Å². The Balaban J connectivity index is 1.98. The van der Waals surface area contributed by atoms with E-state index in [2.05, 4.69) is 15.3 Å². The summed E-state index contributed by atoms with van der Waals surface area (Å²) in [5.41, 5.74) is 0.603. The number of hydrogen-bond acceptors (Lipinski definition) is 3. The number of nitrogens with one attached hydrogen (secondary N) is 1. The van der Waals surface area contributed by atoms with E-state index in [9.17, 15) is 13.6 Å². The maximum Gasteiger partial charge on any atom is 0.270 e. The van der Waals surface area contributed by atoms with E-state index in [1.165, 1.54) is 12.3 Å². The van der Waals surface area contributed by atoms with Gasteiger partial charge in [-0.15, -0.1) is 0 Å². The molecule has 24 heavy (non-hydrogen) atoms. The molecule has 0 spiro atoms. The largest absolute Gasteiger partial charge is 0.337 e. The lowest BCUT2D eigenvalue weighted by Crippen LogP contribution is -2.31. The molecule has 1 N–H and O–H groups in total. The molecule has 1 aromatic carbocycles. The van der Waals surface area contributed by atoms with E-state index in [1.54, 1.807) is 42.2 Å². The number of hydrogen-bond donors (Lipinski definition) is 1. The number of benzene rings is 1. The van der Waals surface area contributed by atoms with E-state index in [-0.39, 0.29) is 5.69 Å². The number of rotatable bonds is 4. The number of pyridine rings is 1. The van der Waals surface area contributed by atoms with E-state index in [4.69, 9.17) is 0 Å². The standard InChI is InChI=1S/C17H14F2N4O/c1-23-9-8-21-16(23)15(11-5-6-12(18)13(19)10-11)22-17(24)14-4-2-3-7-20-14/h2-10,15H,1H3,(H,22,24)/t15-/m0/s1. The van der Waals surface area contributed by atoms with Gasteiger partial charge in [0.05, 0.1) is 0 Å². The number of aryl methyl sites for hydroxylation is 1. The molecule has 0 saturated heterocycles. The minimum Gasteiger partial charge on any atom is -0.337 e. The van der Waals surface area contributed by atoms with Gasteiger partial charge in [-0.05, 0) is 29.8 Å². The molecule has 3 rings (SSSR count). The van der Waals surface area contributed by atoms with Gasteiger partial charge >= 0.3 is 0 Å². The number of carbonyl (C=O) groups excluding carboxylic acids is 1. The fraction of sp³-hybridized carbons (Fsp3) is 0.118. The second-order valence-electron chi connectivity index (χ2n) is 5.19. The Hall–Kier alpha value is -3.09. The summed E-state index contributed by atoms with van der Waals surface area (Å²) in [6, 6.07) is 7.69. The molecule has 122 valence electrons. The maximum absolute atomic E-state index is 13.6. The highest BCUT2D eigenvalue weighted by Crippen LogP contribution is 2.22. The van der Waals surface area contributed by atoms with Gasteiger partial charge in [-0.2, -0.15) is 0 Å². The number of imidazole rings is 1. The summed E-state index contributed by atoms with van der Waals surface area (Å²) in [5, 5.41) is 2.77. The molecule has 0 bridgehead atoms. The molecular formula is C17H14F2N4O. The van der Waals surface area contributed by atoms with Crippen molar-refractivity contribution in [2.75, 3.05) is 0 Å². The number of carbonyl (C=O) groups is 1. The van der Waals surface area contributed by atoms with Gasteiger partial charge in [0.2, 0.25) is 0 Å². The molecule has 3 aromatic rings. The van der Waals surface area contributed by atoms with Gasteiger partial charge in [0.25, 0.3) is 5.91 Å². The van der Waals surface area contributed by atoms with Crippen molar-refractivity contribution in [3.63, 3.8) is 0 Å². The summed E-state index contributed by atoms with van der Waals surface area (Å²) in [4.78, 5) is 20.6. The van der Waals surface area contributed by atoms with Crippen molar-refractivity contribution in [1.82, 2.24) is 19.9 Å². The number of amides is 1. The fourth-order valence-corrected chi connectivity index (χ4v) is 2.35. The molecule has 2 heterocycles. The van der Waals surface area contributed by atoms with Crippen LogP contribution in [0.1, 0.15) is 27.9 Å². The van der Waals surface area contributed by atoms with Crippen LogP contribution in [0.2, 0.25) is 0 Å². The highest BCUT2D eigenvalue weighted by atomic mass is 19.2. The molecule has 7 heteroatoms. The van der Waals surface area contributed by atoms with Crippen LogP contribution >= 0.6 is 0 Å². The predicted molar refractivity (Wildman–Crippen MR) is 83.1 cm³/mol. The Morgan fingerprint density at radius 1 is 1.12 bits per heavy atom. The molecule has 0 aliphatic heterocycles. The zero-order chi connectivity index (χ0) is 17.1. The first-order chi connectivity index (χ1) is 11.6. The van der Waals surface area contributed by atoms with E-state index in [0.717, 1.165) is 12.1 Å². The summed E-state index contributed by atoms with van der Waals surface area (Å²) < 4.78 is 28.5. The number of aromatic nitrogens is 3. The second-order valence-corrected chi connectivity index (χ2v) is 5.19. The van der Waals surface area contributed by atoms with Crippen molar-refractivity contribution in [1.29, 1.82) is 0 Å². The van der Waals surface area contributed by atoms with Crippen molar-refractivity contribution < 1.29 is 13.6 Å². The first-order valence-corrected chi connectivity index (χ1v) is 7.20. The maximum atomic E-state index is 13.6. The van der Waals surface area contributed by atoms with Crippen molar-refractivity contribution in [2.45, 2.75) is 6.04 Å². The van der Waals surface area contributed by atoms with Gasteiger partial charge in [0.15, 0.2) is 11.6 Å². The average Bonchev–Trinajstić information content (AvgIpc) is 3.01. The Kier molecular flexibility index (Phi) is 4.33. The van der Waals surface area contributed by atoms with Crippen LogP contribution in [-0.2, 0) is 7.05 Å². The minimum atomic E-state index is -0.987. The average molecular weight is 328 g/mol. The van der Waals surface area contributed by atoms with E-state index in [1.807, 2.05) is 0 Å². The highest BCUT2D eigenvalue weighted by Gasteiger charge is 2.23. The summed E-state index contributed by atoms with van der Waals surface area (Å²) in [6.07, 6.45) is 4.77. The van der Waals surface area contributed by atoms with Crippen LogP contribution in [0.3, 0.4) is 0 Å². The zero-order valence-corrected chi connectivity index (χ0v) is 12.8. The third-order valence-corrected chi connectivity index (χ3v) is 3.57. The molecule has 0 fully saturated rings. The van der Waals surface area contributed by atoms with E-state index in [0.29, 0.717) is 11.4 Å². The Bertz CT molecular complexity index is 864. The third kappa shape index (κ3) is 3.15. The molecule has 2 aromatic heterocycles. The molecule has 0 aliphatic carbocycles. The summed E-state index contributed by atoms with van der Waals surface area (Å²) in [6.45, 7) is 0. The Morgan fingerprint density at radius 3 is 2.58 bits per heavy atom. The van der Waals surface area contributed by atoms with E-state index >= 15 is 0 Å². The van der Waals surface area contributed by atoms with Gasteiger partial charge in [-0.3, -0.25) is 9.78 Å². The molecule has 1 amide bonds. The van der Waals surface area contributed by atoms with Crippen molar-refractivity contribution in [2.24, 2.45) is 7.05 Å². The SMILES string of the molecule is Cn1ccnc1[C@@H](NC(=O)c1ccccn1)c1ccc(F)c(F)c1. The number of halogens is 2. The normalized spacial score (nSPS) is 12.0. The van der Waals surface area contributed by atoms with Crippen LogP contribution in [0.25, 0.3) is 0 Å². The lowest BCUT2D eigenvalue weighted by Gasteiger charge is -2.19. The lowest BCUT2D eigenvalue weighted by atomic mass is 10.1. The smallest absolute Gasteiger partial charge is 0.270 e. The summed E-state index contributed by atoms with van der Waals surface area (Å²) >= 11 is 0. The van der Waals surface area contributed by atoms with Gasteiger partial charge in [-0.25, -0.2) is 13.8 Å². The fourth-order valence-electron chi connectivity index (χ4n) is 2.35. The Morgan fingerprint density at radius 2 is 1.96 bits per heavy atom. The van der Waals surface area contributed by atoms with Crippen molar-refractivity contribution in [3.8, 4) is 0 Å². The predicted octanol–water partition coefficient (Wildman–Crippen LogP) is 2.61. The molecule has 5 nitrogen and oxygen atoms in total. The first kappa shape index (κ1) is 15.8. The molecular weight excluding hydrogens is 314 g/mol. The lowest BCUT2D eigenvalue weighted by molar-refractivity contribution is 0.0936. The van der Waals surface area contributed by atoms with Crippen molar-refractivity contribution in [3.05, 3.63) is 83.7 Å². The van der Waals surface area contributed by atoms with Gasteiger partial charge in [0, 0.05) is 25.6 Å². The minimum absolute atomic E-state index is 0.222. The van der Waals surface area contributed by atoms with Crippen LogP contribution in [0.15, 0.2) is 55.0 Å². The number of nitrogens with zero attached hydrogens (tertiary/aromatic N) is 3. The highest BCUT2D eigenvalue weighted by molar-refractivity contribution is 5.92. The van der Waals surface area contributed by atoms with Crippen LogP contribution in [-0.4, -0.2) is 20.4 Å². The molecule has 0 radical (unpaired) electrons. The van der Waals surface area contributed by atoms with E-state index < -0.39 is 23.6 Å². The Labute approximate surface area is 137 Å². The van der Waals surface area contributed by atoms with Gasteiger partial charge < -0.3 is 9.88 Å². The first-order valence-electron chi connectivity index (χ1n) is 7.20. The van der Waals surface area contributed by atoms with Gasteiger partial charge in [-0.1, -0.05) is 12.1 Å². The van der Waals surface area contributed by atoms with Crippen LogP contribution in [0, 0.1) is 11.6 Å². The summed E-state index contributed by atoms with van der Waals surface area (Å²) in [7, 11) is 1.75. The molecule has 0 aliphatic rings. The quantitative estimate of drug-likeness (QED) is 0.801. The van der Waals surface area contributed by atoms with Crippen molar-refractivity contribution >= 4 is 5.91 Å². The molecule has 0 saturated carbocycles. The zero-order valence-electron chi connectivity index (χ0n) is 12.8. The third-order valence-electron chi connectivity index (χ3n) is 3.57. The monoisotopic (exact) mass is 328 g/mol.